The lowest BCUT2D eigenvalue weighted by atomic mass is 9.96. The molecule has 37 heavy (non-hydrogen) atoms. The van der Waals surface area contributed by atoms with Gasteiger partial charge in [0.2, 0.25) is 0 Å². The molecule has 0 saturated heterocycles. The molecule has 2 aromatic carbocycles. The maximum Gasteiger partial charge on any atom is 0.338 e. The maximum absolute atomic E-state index is 13.9. The van der Waals surface area contributed by atoms with Gasteiger partial charge in [0.25, 0.3) is 5.56 Å². The molecule has 3 heterocycles. The lowest BCUT2D eigenvalue weighted by Gasteiger charge is -2.24. The van der Waals surface area contributed by atoms with Crippen molar-refractivity contribution in [1.82, 2.24) is 9.13 Å². The predicted octanol–water partition coefficient (Wildman–Crippen LogP) is 4.66. The second-order valence-corrected chi connectivity index (χ2v) is 10.5. The van der Waals surface area contributed by atoms with E-state index in [1.807, 2.05) is 61.0 Å². The first-order valence-corrected chi connectivity index (χ1v) is 14.0. The van der Waals surface area contributed by atoms with E-state index in [1.54, 1.807) is 30.2 Å². The lowest BCUT2D eigenvalue weighted by molar-refractivity contribution is -0.139. The fraction of sp³-hybridized carbons (Fsp3) is 0.207. The summed E-state index contributed by atoms with van der Waals surface area (Å²) in [5, 5.41) is 1.06. The summed E-state index contributed by atoms with van der Waals surface area (Å²) in [5.41, 5.74) is 3.63. The largest absolute Gasteiger partial charge is 0.463 e. The maximum atomic E-state index is 13.9. The molecule has 0 N–H and O–H groups in total. The molecule has 1 aliphatic rings. The van der Waals surface area contributed by atoms with Gasteiger partial charge in [-0.25, -0.2) is 9.79 Å². The molecule has 1 atom stereocenters. The average molecular weight is 530 g/mol. The number of esters is 1. The standard InChI is InChI=1S/C29H27N3O3S2/c1-5-15-31-17-20(22-9-7-8-10-23(22)31)16-24-27(33)32-26(19-11-13-21(36-4)14-12-19)25(28(34)35-6-2)18(3)30-29(32)37-24/h5,7-14,16-17,26H,1,6,15H2,2-4H3/b24-16-. The van der Waals surface area contributed by atoms with E-state index in [1.165, 1.54) is 11.3 Å². The summed E-state index contributed by atoms with van der Waals surface area (Å²) >= 11 is 2.97. The first-order chi connectivity index (χ1) is 18.0. The van der Waals surface area contributed by atoms with Crippen LogP contribution in [0.25, 0.3) is 17.0 Å². The van der Waals surface area contributed by atoms with Crippen LogP contribution in [-0.4, -0.2) is 28.0 Å². The van der Waals surface area contributed by atoms with Gasteiger partial charge < -0.3 is 9.30 Å². The molecular formula is C29H27N3O3S2. The third-order valence-corrected chi connectivity index (χ3v) is 8.11. The number of hydrogen-bond acceptors (Lipinski definition) is 6. The second-order valence-electron chi connectivity index (χ2n) is 8.62. The zero-order valence-electron chi connectivity index (χ0n) is 20.9. The first-order valence-electron chi connectivity index (χ1n) is 12.0. The van der Waals surface area contributed by atoms with Crippen LogP contribution in [0.1, 0.15) is 31.0 Å². The number of thioether (sulfide) groups is 1. The highest BCUT2D eigenvalue weighted by molar-refractivity contribution is 7.98. The van der Waals surface area contributed by atoms with E-state index in [0.717, 1.165) is 26.9 Å². The Morgan fingerprint density at radius 1 is 1.22 bits per heavy atom. The smallest absolute Gasteiger partial charge is 0.338 e. The van der Waals surface area contributed by atoms with Crippen LogP contribution in [0.5, 0.6) is 0 Å². The summed E-state index contributed by atoms with van der Waals surface area (Å²) < 4.78 is 9.69. The van der Waals surface area contributed by atoms with Crippen molar-refractivity contribution in [3.05, 3.63) is 109 Å². The lowest BCUT2D eigenvalue weighted by Crippen LogP contribution is -2.39. The SMILES string of the molecule is C=CCn1cc(/C=c2\sc3n(c2=O)C(c2ccc(SC)cc2)C(C(=O)OCC)=C(C)N=3)c2ccccc21. The number of rotatable bonds is 7. The monoisotopic (exact) mass is 529 g/mol. The number of ether oxygens (including phenoxy) is 1. The Balaban J connectivity index is 1.73. The molecule has 8 heteroatoms. The molecule has 0 bridgehead atoms. The molecule has 1 aliphatic heterocycles. The number of fused-ring (bicyclic) bond motifs is 2. The van der Waals surface area contributed by atoms with Gasteiger partial charge in [0, 0.05) is 34.1 Å². The number of allylic oxidation sites excluding steroid dienone is 2. The molecule has 6 nitrogen and oxygen atoms in total. The average Bonchev–Trinajstić information content (AvgIpc) is 3.40. The minimum atomic E-state index is -0.615. The van der Waals surface area contributed by atoms with Gasteiger partial charge in [0.1, 0.15) is 0 Å². The summed E-state index contributed by atoms with van der Waals surface area (Å²) in [4.78, 5) is 33.3. The van der Waals surface area contributed by atoms with Crippen LogP contribution in [-0.2, 0) is 16.1 Å². The summed E-state index contributed by atoms with van der Waals surface area (Å²) in [7, 11) is 0. The minimum Gasteiger partial charge on any atom is -0.463 e. The number of para-hydroxylation sites is 1. The number of thiazole rings is 1. The van der Waals surface area contributed by atoms with E-state index < -0.39 is 12.0 Å². The van der Waals surface area contributed by atoms with Crippen LogP contribution in [0, 0.1) is 0 Å². The topological polar surface area (TPSA) is 65.6 Å². The number of carbonyl (C=O) groups excluding carboxylic acids is 1. The second kappa shape index (κ2) is 10.4. The van der Waals surface area contributed by atoms with E-state index in [9.17, 15) is 9.59 Å². The van der Waals surface area contributed by atoms with E-state index in [-0.39, 0.29) is 12.2 Å². The molecule has 0 fully saturated rings. The highest BCUT2D eigenvalue weighted by atomic mass is 32.2. The van der Waals surface area contributed by atoms with Crippen molar-refractivity contribution in [3.63, 3.8) is 0 Å². The van der Waals surface area contributed by atoms with Crippen molar-refractivity contribution in [3.8, 4) is 0 Å². The summed E-state index contributed by atoms with van der Waals surface area (Å²) in [6, 6.07) is 15.4. The Hall–Kier alpha value is -3.62. The molecule has 4 aromatic rings. The molecule has 0 amide bonds. The van der Waals surface area contributed by atoms with Gasteiger partial charge in [-0.15, -0.1) is 18.3 Å². The van der Waals surface area contributed by atoms with Gasteiger partial charge in [-0.05, 0) is 49.9 Å². The third kappa shape index (κ3) is 4.51. The summed E-state index contributed by atoms with van der Waals surface area (Å²) in [6.45, 7) is 8.35. The van der Waals surface area contributed by atoms with Crippen molar-refractivity contribution in [2.45, 2.75) is 31.3 Å². The molecule has 188 valence electrons. The van der Waals surface area contributed by atoms with E-state index in [0.29, 0.717) is 27.1 Å². The van der Waals surface area contributed by atoms with Gasteiger partial charge in [-0.2, -0.15) is 0 Å². The molecule has 0 spiro atoms. The van der Waals surface area contributed by atoms with Crippen LogP contribution in [0.2, 0.25) is 0 Å². The van der Waals surface area contributed by atoms with Crippen molar-refractivity contribution >= 4 is 46.0 Å². The molecule has 1 unspecified atom stereocenters. The predicted molar refractivity (Wildman–Crippen MR) is 151 cm³/mol. The number of carbonyl (C=O) groups is 1. The first kappa shape index (κ1) is 25.0. The molecule has 5 rings (SSSR count). The van der Waals surface area contributed by atoms with E-state index in [4.69, 9.17) is 4.74 Å². The van der Waals surface area contributed by atoms with Gasteiger partial charge in [0.05, 0.1) is 28.5 Å². The number of hydrogen-bond donors (Lipinski definition) is 0. The van der Waals surface area contributed by atoms with Crippen molar-refractivity contribution in [2.75, 3.05) is 12.9 Å². The van der Waals surface area contributed by atoms with Gasteiger partial charge in [-0.3, -0.25) is 9.36 Å². The van der Waals surface area contributed by atoms with E-state index >= 15 is 0 Å². The highest BCUT2D eigenvalue weighted by Crippen LogP contribution is 2.31. The number of benzene rings is 2. The van der Waals surface area contributed by atoms with Gasteiger partial charge in [0.15, 0.2) is 4.80 Å². The van der Waals surface area contributed by atoms with E-state index in [2.05, 4.69) is 28.3 Å². The number of aromatic nitrogens is 2. The quantitative estimate of drug-likeness (QED) is 0.198. The van der Waals surface area contributed by atoms with Crippen molar-refractivity contribution in [2.24, 2.45) is 4.99 Å². The zero-order chi connectivity index (χ0) is 26.1. The molecule has 2 aromatic heterocycles. The minimum absolute atomic E-state index is 0.183. The van der Waals surface area contributed by atoms with Crippen LogP contribution < -0.4 is 14.9 Å². The highest BCUT2D eigenvalue weighted by Gasteiger charge is 2.33. The Kier molecular flexibility index (Phi) is 7.04. The Bertz CT molecular complexity index is 1720. The molecule has 0 aliphatic carbocycles. The molecular weight excluding hydrogens is 502 g/mol. The van der Waals surface area contributed by atoms with Crippen LogP contribution in [0.3, 0.4) is 0 Å². The van der Waals surface area contributed by atoms with Gasteiger partial charge >= 0.3 is 5.97 Å². The van der Waals surface area contributed by atoms with Gasteiger partial charge in [-0.1, -0.05) is 47.7 Å². The molecule has 0 radical (unpaired) electrons. The molecule has 0 saturated carbocycles. The summed E-state index contributed by atoms with van der Waals surface area (Å²) in [5.74, 6) is -0.454. The number of nitrogens with zero attached hydrogens (tertiary/aromatic N) is 3. The summed E-state index contributed by atoms with van der Waals surface area (Å²) in [6.07, 6.45) is 7.83. The fourth-order valence-corrected chi connectivity index (χ4v) is 6.16. The van der Waals surface area contributed by atoms with Crippen LogP contribution in [0.15, 0.2) is 93.3 Å². The third-order valence-electron chi connectivity index (χ3n) is 6.38. The normalized spacial score (nSPS) is 15.5. The van der Waals surface area contributed by atoms with Crippen molar-refractivity contribution in [1.29, 1.82) is 0 Å². The van der Waals surface area contributed by atoms with Crippen LogP contribution >= 0.6 is 23.1 Å². The zero-order valence-corrected chi connectivity index (χ0v) is 22.6. The van der Waals surface area contributed by atoms with Crippen LogP contribution in [0.4, 0.5) is 0 Å². The Morgan fingerprint density at radius 2 is 1.97 bits per heavy atom. The Morgan fingerprint density at radius 3 is 2.68 bits per heavy atom. The fourth-order valence-electron chi connectivity index (χ4n) is 4.71. The Labute approximate surface area is 222 Å². The van der Waals surface area contributed by atoms with Crippen molar-refractivity contribution < 1.29 is 9.53 Å².